The van der Waals surface area contributed by atoms with Crippen molar-refractivity contribution in [2.24, 2.45) is 0 Å². The second kappa shape index (κ2) is 17.1. The SMILES string of the molecule is Brc1ccc(-c2ccc(-c3ccc4ccccc4c3)cc2)cc1.Brc1ccc(-c2ccc(Br)cc2)cc1.OB(O)c1ccc2ccccc2c1. The lowest BCUT2D eigenvalue weighted by molar-refractivity contribution is 0.426. The number of hydrogen-bond donors (Lipinski definition) is 2. The van der Waals surface area contributed by atoms with Crippen LogP contribution in [0.15, 0.2) is 195 Å². The second-order valence-electron chi connectivity index (χ2n) is 11.6. The number of rotatable bonds is 4. The Morgan fingerprint density at radius 1 is 0.300 bits per heavy atom. The molecule has 0 heterocycles. The van der Waals surface area contributed by atoms with Gasteiger partial charge >= 0.3 is 7.12 Å². The highest BCUT2D eigenvalue weighted by Crippen LogP contribution is 2.28. The number of hydrogen-bond acceptors (Lipinski definition) is 2. The zero-order chi connectivity index (χ0) is 34.9. The lowest BCUT2D eigenvalue weighted by Gasteiger charge is -2.07. The average molecular weight is 843 g/mol. The molecule has 8 rings (SSSR count). The van der Waals surface area contributed by atoms with Crippen LogP contribution in [0.4, 0.5) is 0 Å². The van der Waals surface area contributed by atoms with Crippen LogP contribution in [-0.4, -0.2) is 17.2 Å². The Labute approximate surface area is 318 Å². The van der Waals surface area contributed by atoms with Gasteiger partial charge in [0.15, 0.2) is 0 Å². The fourth-order valence-corrected chi connectivity index (χ4v) is 6.31. The molecule has 0 saturated carbocycles. The molecular formula is C44H32BBr3O2. The molecule has 0 radical (unpaired) electrons. The summed E-state index contributed by atoms with van der Waals surface area (Å²) < 4.78 is 3.32. The summed E-state index contributed by atoms with van der Waals surface area (Å²) in [6, 6.07) is 62.1. The highest BCUT2D eigenvalue weighted by atomic mass is 79.9. The van der Waals surface area contributed by atoms with E-state index < -0.39 is 7.12 Å². The fraction of sp³-hybridized carbons (Fsp3) is 0. The number of fused-ring (bicyclic) bond motifs is 2. The first-order valence-corrected chi connectivity index (χ1v) is 18.4. The highest BCUT2D eigenvalue weighted by molar-refractivity contribution is 9.11. The molecule has 0 fully saturated rings. The standard InChI is InChI=1S/C22H15Br.C12H8Br2.C10H9BO2/c23-22-13-11-18(12-14-22)17-5-7-19(8-6-17)21-10-9-16-3-1-2-4-20(16)15-21;13-11-5-1-9(2-6-11)10-3-7-12(14)8-4-10;12-11(13)10-6-5-8-3-1-2-4-9(8)7-10/h1-15H;1-8H;1-7,12-13H. The van der Waals surface area contributed by atoms with Crippen LogP contribution < -0.4 is 5.46 Å². The van der Waals surface area contributed by atoms with E-state index in [2.05, 4.69) is 187 Å². The number of benzene rings is 8. The van der Waals surface area contributed by atoms with Gasteiger partial charge in [-0.25, -0.2) is 0 Å². The molecule has 0 atom stereocenters. The van der Waals surface area contributed by atoms with Crippen molar-refractivity contribution >= 4 is 81.9 Å². The quantitative estimate of drug-likeness (QED) is 0.173. The van der Waals surface area contributed by atoms with E-state index in [4.69, 9.17) is 10.0 Å². The maximum atomic E-state index is 8.94. The van der Waals surface area contributed by atoms with Gasteiger partial charge in [-0.15, -0.1) is 0 Å². The topological polar surface area (TPSA) is 40.5 Å². The third kappa shape index (κ3) is 9.48. The van der Waals surface area contributed by atoms with Gasteiger partial charge in [0.05, 0.1) is 0 Å². The van der Waals surface area contributed by atoms with Crippen LogP contribution in [0.25, 0.3) is 54.9 Å². The Morgan fingerprint density at radius 2 is 0.600 bits per heavy atom. The van der Waals surface area contributed by atoms with E-state index >= 15 is 0 Å². The molecule has 0 aliphatic heterocycles. The van der Waals surface area contributed by atoms with Crippen LogP contribution in [-0.2, 0) is 0 Å². The molecule has 8 aromatic rings. The molecular weight excluding hydrogens is 811 g/mol. The molecule has 0 saturated heterocycles. The van der Waals surface area contributed by atoms with E-state index in [1.807, 2.05) is 30.3 Å². The third-order valence-corrected chi connectivity index (χ3v) is 9.82. The summed E-state index contributed by atoms with van der Waals surface area (Å²) >= 11 is 10.3. The predicted octanol–water partition coefficient (Wildman–Crippen LogP) is 12.3. The summed E-state index contributed by atoms with van der Waals surface area (Å²) in [6.45, 7) is 0. The van der Waals surface area contributed by atoms with Crippen molar-refractivity contribution in [3.8, 4) is 33.4 Å². The lowest BCUT2D eigenvalue weighted by atomic mass is 9.79. The molecule has 244 valence electrons. The second-order valence-corrected chi connectivity index (χ2v) is 14.4. The average Bonchev–Trinajstić information content (AvgIpc) is 3.16. The Morgan fingerprint density at radius 3 is 1.00 bits per heavy atom. The molecule has 0 amide bonds. The van der Waals surface area contributed by atoms with Gasteiger partial charge in [-0.1, -0.05) is 187 Å². The largest absolute Gasteiger partial charge is 0.488 e. The minimum absolute atomic E-state index is 0.527. The molecule has 2 N–H and O–H groups in total. The summed E-state index contributed by atoms with van der Waals surface area (Å²) in [5.74, 6) is 0. The monoisotopic (exact) mass is 840 g/mol. The van der Waals surface area contributed by atoms with Crippen molar-refractivity contribution in [1.29, 1.82) is 0 Å². The summed E-state index contributed by atoms with van der Waals surface area (Å²) in [5.41, 5.74) is 7.98. The molecule has 8 aromatic carbocycles. The maximum Gasteiger partial charge on any atom is 0.488 e. The van der Waals surface area contributed by atoms with E-state index in [9.17, 15) is 0 Å². The predicted molar refractivity (Wildman–Crippen MR) is 224 cm³/mol. The van der Waals surface area contributed by atoms with Crippen LogP contribution in [0.3, 0.4) is 0 Å². The smallest absolute Gasteiger partial charge is 0.423 e. The van der Waals surface area contributed by atoms with E-state index in [0.717, 1.165) is 24.2 Å². The van der Waals surface area contributed by atoms with Crippen molar-refractivity contribution in [3.05, 3.63) is 195 Å². The van der Waals surface area contributed by atoms with Crippen molar-refractivity contribution in [2.45, 2.75) is 0 Å². The first-order chi connectivity index (χ1) is 24.3. The molecule has 0 aromatic heterocycles. The first-order valence-electron chi connectivity index (χ1n) is 16.0. The van der Waals surface area contributed by atoms with Gasteiger partial charge in [-0.2, -0.15) is 0 Å². The first kappa shape index (κ1) is 35.5. The lowest BCUT2D eigenvalue weighted by Crippen LogP contribution is -2.29. The van der Waals surface area contributed by atoms with E-state index in [-0.39, 0.29) is 0 Å². The van der Waals surface area contributed by atoms with Crippen molar-refractivity contribution in [1.82, 2.24) is 0 Å². The summed E-state index contributed by atoms with van der Waals surface area (Å²) in [4.78, 5) is 0. The van der Waals surface area contributed by atoms with Gasteiger partial charge in [-0.05, 0) is 103 Å². The van der Waals surface area contributed by atoms with Gasteiger partial charge in [-0.3, -0.25) is 0 Å². The molecule has 0 aliphatic rings. The molecule has 0 spiro atoms. The van der Waals surface area contributed by atoms with Crippen molar-refractivity contribution in [3.63, 3.8) is 0 Å². The summed E-state index contributed by atoms with van der Waals surface area (Å²) in [7, 11) is -1.38. The van der Waals surface area contributed by atoms with Crippen LogP contribution in [0, 0.1) is 0 Å². The van der Waals surface area contributed by atoms with Crippen LogP contribution in [0.2, 0.25) is 0 Å². The van der Waals surface area contributed by atoms with Gasteiger partial charge < -0.3 is 10.0 Å². The zero-order valence-corrected chi connectivity index (χ0v) is 31.7. The molecule has 0 unspecified atom stereocenters. The molecule has 0 bridgehead atoms. The Bertz CT molecular complexity index is 2260. The van der Waals surface area contributed by atoms with E-state index in [0.29, 0.717) is 5.46 Å². The molecule has 2 nitrogen and oxygen atoms in total. The maximum absolute atomic E-state index is 8.94. The van der Waals surface area contributed by atoms with Crippen molar-refractivity contribution < 1.29 is 10.0 Å². The van der Waals surface area contributed by atoms with Crippen LogP contribution in [0.1, 0.15) is 0 Å². The molecule has 50 heavy (non-hydrogen) atoms. The van der Waals surface area contributed by atoms with Gasteiger partial charge in [0.25, 0.3) is 0 Å². The van der Waals surface area contributed by atoms with Crippen molar-refractivity contribution in [2.75, 3.05) is 0 Å². The summed E-state index contributed by atoms with van der Waals surface area (Å²) in [6.07, 6.45) is 0. The highest BCUT2D eigenvalue weighted by Gasteiger charge is 2.10. The third-order valence-electron chi connectivity index (χ3n) is 8.24. The number of halogens is 3. The molecule has 0 aliphatic carbocycles. The summed E-state index contributed by atoms with van der Waals surface area (Å²) in [5, 5.41) is 22.6. The molecule has 6 heteroatoms. The minimum Gasteiger partial charge on any atom is -0.423 e. The van der Waals surface area contributed by atoms with Gasteiger partial charge in [0.2, 0.25) is 0 Å². The van der Waals surface area contributed by atoms with E-state index in [1.54, 1.807) is 12.1 Å². The normalized spacial score (nSPS) is 10.5. The Balaban J connectivity index is 0.000000138. The fourth-order valence-electron chi connectivity index (χ4n) is 5.52. The van der Waals surface area contributed by atoms with Crippen LogP contribution in [0.5, 0.6) is 0 Å². The van der Waals surface area contributed by atoms with Gasteiger partial charge in [0, 0.05) is 13.4 Å². The minimum atomic E-state index is -1.38. The zero-order valence-electron chi connectivity index (χ0n) is 26.9. The van der Waals surface area contributed by atoms with Gasteiger partial charge in [0.1, 0.15) is 0 Å². The Hall–Kier alpha value is -4.30. The van der Waals surface area contributed by atoms with E-state index in [1.165, 1.54) is 44.2 Å². The Kier molecular flexibility index (Phi) is 12.1. The van der Waals surface area contributed by atoms with Crippen LogP contribution >= 0.6 is 47.8 Å².